The van der Waals surface area contributed by atoms with E-state index in [4.69, 9.17) is 16.2 Å². The second-order valence-electron chi connectivity index (χ2n) is 7.32. The molecule has 4 N–H and O–H groups in total. The normalized spacial score (nSPS) is 11.1. The number of hydrogen-bond acceptors (Lipinski definition) is 5. The van der Waals surface area contributed by atoms with E-state index >= 15 is 0 Å². The molecule has 0 saturated carbocycles. The third kappa shape index (κ3) is 3.61. The quantitative estimate of drug-likeness (QED) is 0.471. The Balaban J connectivity index is 1.74. The van der Waals surface area contributed by atoms with E-state index in [1.807, 2.05) is 41.0 Å². The van der Waals surface area contributed by atoms with Crippen LogP contribution in [0.3, 0.4) is 0 Å². The molecule has 0 radical (unpaired) electrons. The lowest BCUT2D eigenvalue weighted by Gasteiger charge is -2.11. The Morgan fingerprint density at radius 2 is 1.80 bits per heavy atom. The van der Waals surface area contributed by atoms with E-state index < -0.39 is 0 Å². The molecule has 4 aromatic rings. The van der Waals surface area contributed by atoms with Gasteiger partial charge in [0.2, 0.25) is 0 Å². The Morgan fingerprint density at radius 3 is 2.57 bits per heavy atom. The highest BCUT2D eigenvalue weighted by Crippen LogP contribution is 2.33. The van der Waals surface area contributed by atoms with Crippen molar-refractivity contribution in [2.24, 2.45) is 7.05 Å². The number of nitrogens with zero attached hydrogens (tertiary/aromatic N) is 3. The van der Waals surface area contributed by atoms with Gasteiger partial charge in [0.15, 0.2) is 0 Å². The van der Waals surface area contributed by atoms with Crippen molar-refractivity contribution in [2.45, 2.75) is 26.3 Å². The molecule has 2 aromatic carbocycles. The highest BCUT2D eigenvalue weighted by atomic mass is 16.5. The summed E-state index contributed by atoms with van der Waals surface area (Å²) in [5, 5.41) is 0. The van der Waals surface area contributed by atoms with Gasteiger partial charge in [0.25, 0.3) is 0 Å². The molecule has 0 amide bonds. The first-order valence-electron chi connectivity index (χ1n) is 9.96. The maximum atomic E-state index is 12.7. The van der Waals surface area contributed by atoms with Crippen LogP contribution in [0.4, 0.5) is 11.5 Å². The minimum atomic E-state index is -0.00377. The smallest absolute Gasteiger partial charge is 0.328 e. The summed E-state index contributed by atoms with van der Waals surface area (Å²) in [6, 6.07) is 14.9. The van der Waals surface area contributed by atoms with Crippen molar-refractivity contribution >= 4 is 22.5 Å². The fraction of sp³-hybridized carbons (Fsp3) is 0.217. The van der Waals surface area contributed by atoms with Gasteiger partial charge in [-0.05, 0) is 48.4 Å². The topological polar surface area (TPSA) is 101 Å². The zero-order valence-electron chi connectivity index (χ0n) is 17.1. The van der Waals surface area contributed by atoms with Crippen LogP contribution in [0.5, 0.6) is 11.5 Å². The first-order valence-corrected chi connectivity index (χ1v) is 9.96. The number of nitrogen functional groups attached to an aromatic ring is 2. The third-order valence-corrected chi connectivity index (χ3v) is 5.20. The number of nitrogens with two attached hydrogens (primary N) is 2. The summed E-state index contributed by atoms with van der Waals surface area (Å²) in [5.74, 6) is 1.63. The molecule has 2 heterocycles. The Morgan fingerprint density at radius 1 is 1.00 bits per heavy atom. The van der Waals surface area contributed by atoms with Crippen molar-refractivity contribution in [2.75, 3.05) is 11.5 Å². The maximum Gasteiger partial charge on any atom is 0.328 e. The van der Waals surface area contributed by atoms with Crippen LogP contribution >= 0.6 is 0 Å². The van der Waals surface area contributed by atoms with Crippen LogP contribution in [-0.2, 0) is 13.6 Å². The Labute approximate surface area is 174 Å². The number of unbranched alkanes of at least 4 members (excludes halogenated alkanes) is 1. The van der Waals surface area contributed by atoms with Crippen molar-refractivity contribution < 1.29 is 4.74 Å². The van der Waals surface area contributed by atoms with E-state index in [-0.39, 0.29) is 5.69 Å². The van der Waals surface area contributed by atoms with Gasteiger partial charge in [-0.2, -0.15) is 0 Å². The second kappa shape index (κ2) is 7.94. The molecular formula is C23H25N5O2. The molecular weight excluding hydrogens is 378 g/mol. The summed E-state index contributed by atoms with van der Waals surface area (Å²) in [6.45, 7) is 2.83. The van der Waals surface area contributed by atoms with Crippen LogP contribution in [0.1, 0.15) is 19.8 Å². The third-order valence-electron chi connectivity index (χ3n) is 5.20. The molecule has 30 heavy (non-hydrogen) atoms. The average Bonchev–Trinajstić information content (AvgIpc) is 2.97. The summed E-state index contributed by atoms with van der Waals surface area (Å²) in [7, 11) is 1.80. The maximum absolute atomic E-state index is 12.7. The second-order valence-corrected chi connectivity index (χ2v) is 7.32. The van der Waals surface area contributed by atoms with E-state index in [2.05, 4.69) is 11.9 Å². The molecule has 0 spiro atoms. The van der Waals surface area contributed by atoms with Crippen molar-refractivity contribution in [3.05, 3.63) is 65.2 Å². The molecule has 0 atom stereocenters. The lowest BCUT2D eigenvalue weighted by atomic mass is 10.0. The Kier molecular flexibility index (Phi) is 5.18. The molecule has 0 bridgehead atoms. The Bertz CT molecular complexity index is 1270. The largest absolute Gasteiger partial charge is 0.457 e. The lowest BCUT2D eigenvalue weighted by Crippen LogP contribution is -2.22. The van der Waals surface area contributed by atoms with Gasteiger partial charge in [-0.3, -0.25) is 9.13 Å². The number of benzene rings is 2. The molecule has 4 rings (SSSR count). The van der Waals surface area contributed by atoms with Crippen LogP contribution in [0.15, 0.2) is 59.5 Å². The number of imidazole rings is 1. The predicted molar refractivity (Wildman–Crippen MR) is 121 cm³/mol. The zero-order valence-corrected chi connectivity index (χ0v) is 17.1. The van der Waals surface area contributed by atoms with Crippen LogP contribution in [0, 0.1) is 0 Å². The van der Waals surface area contributed by atoms with Gasteiger partial charge >= 0.3 is 5.69 Å². The standard InChI is InChI=1S/C23H25N5O2/c1-3-4-11-28-20-8-5-15(12-21(20)27(2)23(28)29)18-13-16(6-7-19(18)24)30-17-9-10-26-22(25)14-17/h5-10,12-14H,3-4,11,24H2,1-2H3,(H2,25,26). The number of fused-ring (bicyclic) bond motifs is 1. The van der Waals surface area contributed by atoms with Gasteiger partial charge in [-0.15, -0.1) is 0 Å². The number of rotatable bonds is 6. The van der Waals surface area contributed by atoms with Gasteiger partial charge in [0, 0.05) is 37.1 Å². The van der Waals surface area contributed by atoms with Gasteiger partial charge in [0.1, 0.15) is 17.3 Å². The first kappa shape index (κ1) is 19.6. The Hall–Kier alpha value is -3.74. The summed E-state index contributed by atoms with van der Waals surface area (Å²) >= 11 is 0. The van der Waals surface area contributed by atoms with Crippen LogP contribution < -0.4 is 21.9 Å². The highest BCUT2D eigenvalue weighted by molar-refractivity contribution is 5.86. The minimum Gasteiger partial charge on any atom is -0.457 e. The molecule has 0 unspecified atom stereocenters. The van der Waals surface area contributed by atoms with Crippen LogP contribution in [0.25, 0.3) is 22.2 Å². The molecule has 154 valence electrons. The van der Waals surface area contributed by atoms with E-state index in [1.54, 1.807) is 29.9 Å². The minimum absolute atomic E-state index is 0.00377. The number of aryl methyl sites for hydroxylation is 2. The van der Waals surface area contributed by atoms with Crippen molar-refractivity contribution in [3.8, 4) is 22.6 Å². The predicted octanol–water partition coefficient (Wildman–Crippen LogP) is 4.16. The zero-order chi connectivity index (χ0) is 21.3. The monoisotopic (exact) mass is 403 g/mol. The summed E-state index contributed by atoms with van der Waals surface area (Å²) in [4.78, 5) is 16.6. The number of aromatic nitrogens is 3. The molecule has 7 nitrogen and oxygen atoms in total. The van der Waals surface area contributed by atoms with E-state index in [1.165, 1.54) is 0 Å². The van der Waals surface area contributed by atoms with Gasteiger partial charge < -0.3 is 16.2 Å². The number of ether oxygens (including phenoxy) is 1. The summed E-state index contributed by atoms with van der Waals surface area (Å²) in [5.41, 5.74) is 16.2. The van der Waals surface area contributed by atoms with E-state index in [0.717, 1.165) is 35.0 Å². The molecule has 0 aliphatic carbocycles. The number of anilines is 2. The van der Waals surface area contributed by atoms with Gasteiger partial charge in [-0.25, -0.2) is 9.78 Å². The molecule has 2 aromatic heterocycles. The van der Waals surface area contributed by atoms with Crippen molar-refractivity contribution in [3.63, 3.8) is 0 Å². The van der Waals surface area contributed by atoms with Crippen molar-refractivity contribution in [1.29, 1.82) is 0 Å². The highest BCUT2D eigenvalue weighted by Gasteiger charge is 2.13. The molecule has 7 heteroatoms. The van der Waals surface area contributed by atoms with Gasteiger partial charge in [0.05, 0.1) is 11.0 Å². The molecule has 0 aliphatic heterocycles. The molecule has 0 fully saturated rings. The molecule has 0 saturated heterocycles. The van der Waals surface area contributed by atoms with Gasteiger partial charge in [-0.1, -0.05) is 19.4 Å². The number of pyridine rings is 1. The van der Waals surface area contributed by atoms with Crippen LogP contribution in [-0.4, -0.2) is 14.1 Å². The first-order chi connectivity index (χ1) is 14.5. The SMILES string of the molecule is CCCCn1c(=O)n(C)c2cc(-c3cc(Oc4ccnc(N)c4)ccc3N)ccc21. The summed E-state index contributed by atoms with van der Waals surface area (Å²) < 4.78 is 9.44. The fourth-order valence-electron chi connectivity index (χ4n) is 3.58. The average molecular weight is 403 g/mol. The fourth-order valence-corrected chi connectivity index (χ4v) is 3.58. The summed E-state index contributed by atoms with van der Waals surface area (Å²) in [6.07, 6.45) is 3.60. The number of hydrogen-bond donors (Lipinski definition) is 2. The van der Waals surface area contributed by atoms with Crippen molar-refractivity contribution in [1.82, 2.24) is 14.1 Å². The van der Waals surface area contributed by atoms with Crippen LogP contribution in [0.2, 0.25) is 0 Å². The molecule has 0 aliphatic rings. The van der Waals surface area contributed by atoms with E-state index in [0.29, 0.717) is 29.5 Å². The lowest BCUT2D eigenvalue weighted by molar-refractivity contribution is 0.482. The van der Waals surface area contributed by atoms with E-state index in [9.17, 15) is 4.79 Å².